The number of fused-ring (bicyclic) bond motifs is 2. The van der Waals surface area contributed by atoms with Gasteiger partial charge in [0.15, 0.2) is 5.82 Å². The van der Waals surface area contributed by atoms with Gasteiger partial charge in [0, 0.05) is 22.9 Å². The van der Waals surface area contributed by atoms with Crippen LogP contribution in [-0.4, -0.2) is 27.0 Å². The van der Waals surface area contributed by atoms with Gasteiger partial charge in [-0.3, -0.25) is 9.89 Å². The van der Waals surface area contributed by atoms with E-state index in [1.807, 2.05) is 37.3 Å². The summed E-state index contributed by atoms with van der Waals surface area (Å²) in [6.45, 7) is 3.68. The SMILES string of the molecule is CC1=Nc2n[nH]c(C)c2C(c2ccc3ccccc3c2)C1C(=O)O. The van der Waals surface area contributed by atoms with Crippen molar-refractivity contribution >= 4 is 28.3 Å². The van der Waals surface area contributed by atoms with Crippen LogP contribution in [0, 0.1) is 12.8 Å². The lowest BCUT2D eigenvalue weighted by Crippen LogP contribution is -2.31. The van der Waals surface area contributed by atoms with E-state index in [1.165, 1.54) is 0 Å². The number of nitrogens with one attached hydrogen (secondary N) is 1. The first-order chi connectivity index (χ1) is 11.6. The summed E-state index contributed by atoms with van der Waals surface area (Å²) in [5.74, 6) is -1.24. The summed E-state index contributed by atoms with van der Waals surface area (Å²) in [7, 11) is 0. The molecule has 3 aromatic rings. The number of nitrogens with zero attached hydrogens (tertiary/aromatic N) is 2. The lowest BCUT2D eigenvalue weighted by molar-refractivity contribution is -0.139. The highest BCUT2D eigenvalue weighted by atomic mass is 16.4. The average molecular weight is 319 g/mol. The van der Waals surface area contributed by atoms with Gasteiger partial charge in [0.1, 0.15) is 5.92 Å². The van der Waals surface area contributed by atoms with E-state index in [0.717, 1.165) is 27.6 Å². The normalized spacial score (nSPS) is 19.8. The number of benzene rings is 2. The van der Waals surface area contributed by atoms with E-state index in [2.05, 4.69) is 27.3 Å². The monoisotopic (exact) mass is 319 g/mol. The van der Waals surface area contributed by atoms with Crippen LogP contribution in [0.25, 0.3) is 10.8 Å². The molecular weight excluding hydrogens is 302 g/mol. The smallest absolute Gasteiger partial charge is 0.313 e. The summed E-state index contributed by atoms with van der Waals surface area (Å²) in [6.07, 6.45) is 0. The molecule has 2 N–H and O–H groups in total. The van der Waals surface area contributed by atoms with Crippen LogP contribution in [0.3, 0.4) is 0 Å². The first-order valence-corrected chi connectivity index (χ1v) is 7.88. The van der Waals surface area contributed by atoms with Gasteiger partial charge >= 0.3 is 5.97 Å². The van der Waals surface area contributed by atoms with E-state index in [4.69, 9.17) is 0 Å². The van der Waals surface area contributed by atoms with Crippen molar-refractivity contribution in [3.05, 3.63) is 59.3 Å². The molecule has 5 nitrogen and oxygen atoms in total. The highest BCUT2D eigenvalue weighted by Crippen LogP contribution is 2.43. The largest absolute Gasteiger partial charge is 0.481 e. The quantitative estimate of drug-likeness (QED) is 0.754. The number of aromatic nitrogens is 2. The highest BCUT2D eigenvalue weighted by Gasteiger charge is 2.39. The average Bonchev–Trinajstić information content (AvgIpc) is 2.93. The molecule has 0 spiro atoms. The number of hydrogen-bond donors (Lipinski definition) is 2. The van der Waals surface area contributed by atoms with Crippen molar-refractivity contribution in [1.82, 2.24) is 10.2 Å². The summed E-state index contributed by atoms with van der Waals surface area (Å²) >= 11 is 0. The molecule has 0 aliphatic carbocycles. The second kappa shape index (κ2) is 5.30. The summed E-state index contributed by atoms with van der Waals surface area (Å²) in [5, 5.41) is 19.2. The van der Waals surface area contributed by atoms with Crippen LogP contribution in [0.5, 0.6) is 0 Å². The van der Waals surface area contributed by atoms with Crippen LogP contribution >= 0.6 is 0 Å². The fourth-order valence-electron chi connectivity index (χ4n) is 3.61. The van der Waals surface area contributed by atoms with Gasteiger partial charge in [-0.15, -0.1) is 0 Å². The van der Waals surface area contributed by atoms with Crippen LogP contribution in [0.4, 0.5) is 5.82 Å². The summed E-state index contributed by atoms with van der Waals surface area (Å²) < 4.78 is 0. The van der Waals surface area contributed by atoms with Crippen molar-refractivity contribution in [3.8, 4) is 0 Å². The summed E-state index contributed by atoms with van der Waals surface area (Å²) in [4.78, 5) is 16.3. The van der Waals surface area contributed by atoms with E-state index in [1.54, 1.807) is 6.92 Å². The molecule has 2 unspecified atom stereocenters. The number of carboxylic acid groups (broad SMARTS) is 1. The highest BCUT2D eigenvalue weighted by molar-refractivity contribution is 6.04. The van der Waals surface area contributed by atoms with Crippen molar-refractivity contribution in [1.29, 1.82) is 0 Å². The second-order valence-corrected chi connectivity index (χ2v) is 6.24. The lowest BCUT2D eigenvalue weighted by Gasteiger charge is -2.28. The van der Waals surface area contributed by atoms with Crippen LogP contribution in [0.1, 0.15) is 29.7 Å². The molecule has 0 saturated carbocycles. The zero-order valence-electron chi connectivity index (χ0n) is 13.4. The predicted molar refractivity (Wildman–Crippen MR) is 93.0 cm³/mol. The van der Waals surface area contributed by atoms with Crippen LogP contribution in [0.15, 0.2) is 47.5 Å². The number of carboxylic acids is 1. The van der Waals surface area contributed by atoms with Gasteiger partial charge in [-0.25, -0.2) is 4.99 Å². The fourth-order valence-corrected chi connectivity index (χ4v) is 3.61. The maximum absolute atomic E-state index is 11.9. The Morgan fingerprint density at radius 3 is 2.62 bits per heavy atom. The maximum atomic E-state index is 11.9. The van der Waals surface area contributed by atoms with Crippen LogP contribution < -0.4 is 0 Å². The Kier molecular flexibility index (Phi) is 3.23. The number of aryl methyl sites for hydroxylation is 1. The molecule has 2 heterocycles. The zero-order valence-corrected chi connectivity index (χ0v) is 13.4. The number of aliphatic imine (C=N–C) groups is 1. The Morgan fingerprint density at radius 2 is 1.88 bits per heavy atom. The van der Waals surface area contributed by atoms with Crippen LogP contribution in [-0.2, 0) is 4.79 Å². The molecule has 4 rings (SSSR count). The molecule has 2 atom stereocenters. The van der Waals surface area contributed by atoms with E-state index in [-0.39, 0.29) is 5.92 Å². The first kappa shape index (κ1) is 14.6. The van der Waals surface area contributed by atoms with Crippen molar-refractivity contribution in [3.63, 3.8) is 0 Å². The Labute approximate surface area is 139 Å². The minimum atomic E-state index is -0.861. The molecule has 5 heteroatoms. The van der Waals surface area contributed by atoms with Crippen molar-refractivity contribution < 1.29 is 9.90 Å². The maximum Gasteiger partial charge on any atom is 0.313 e. The van der Waals surface area contributed by atoms with Crippen LogP contribution in [0.2, 0.25) is 0 Å². The first-order valence-electron chi connectivity index (χ1n) is 7.88. The zero-order chi connectivity index (χ0) is 16.8. The van der Waals surface area contributed by atoms with Gasteiger partial charge in [-0.1, -0.05) is 42.5 Å². The number of aromatic amines is 1. The lowest BCUT2D eigenvalue weighted by atomic mass is 9.76. The molecule has 1 aromatic heterocycles. The minimum absolute atomic E-state index is 0.293. The standard InChI is InChI=1S/C19H17N3O2/c1-10-16(19(23)24)17(15-11(2)21-22-18(15)20-10)14-8-7-12-5-3-4-6-13(12)9-14/h3-9,16-17H,1-2H3,(H,21,22)(H,23,24). The third-order valence-corrected chi connectivity index (χ3v) is 4.75. The van der Waals surface area contributed by atoms with Gasteiger partial charge < -0.3 is 5.11 Å². The van der Waals surface area contributed by atoms with Crippen molar-refractivity contribution in [2.24, 2.45) is 10.9 Å². The molecule has 120 valence electrons. The molecule has 0 amide bonds. The molecule has 0 saturated heterocycles. The van der Waals surface area contributed by atoms with E-state index < -0.39 is 11.9 Å². The van der Waals surface area contributed by atoms with Crippen molar-refractivity contribution in [2.45, 2.75) is 19.8 Å². The summed E-state index contributed by atoms with van der Waals surface area (Å²) in [6, 6.07) is 14.2. The summed E-state index contributed by atoms with van der Waals surface area (Å²) in [5.41, 5.74) is 3.30. The Hall–Kier alpha value is -2.95. The van der Waals surface area contributed by atoms with E-state index in [0.29, 0.717) is 11.5 Å². The number of carbonyl (C=O) groups is 1. The van der Waals surface area contributed by atoms with Gasteiger partial charge in [-0.2, -0.15) is 5.10 Å². The van der Waals surface area contributed by atoms with Gasteiger partial charge in [0.2, 0.25) is 0 Å². The molecule has 0 radical (unpaired) electrons. The fraction of sp³-hybridized carbons (Fsp3) is 0.211. The van der Waals surface area contributed by atoms with Gasteiger partial charge in [0.25, 0.3) is 0 Å². The molecular formula is C19H17N3O2. The molecule has 0 fully saturated rings. The number of aliphatic carboxylic acids is 1. The topological polar surface area (TPSA) is 78.3 Å². The second-order valence-electron chi connectivity index (χ2n) is 6.24. The Bertz CT molecular complexity index is 987. The number of rotatable bonds is 2. The molecule has 2 aromatic carbocycles. The third-order valence-electron chi connectivity index (χ3n) is 4.75. The van der Waals surface area contributed by atoms with Crippen molar-refractivity contribution in [2.75, 3.05) is 0 Å². The van der Waals surface area contributed by atoms with E-state index >= 15 is 0 Å². The molecule has 1 aliphatic rings. The van der Waals surface area contributed by atoms with E-state index in [9.17, 15) is 9.90 Å². The van der Waals surface area contributed by atoms with Gasteiger partial charge in [0.05, 0.1) is 0 Å². The van der Waals surface area contributed by atoms with Gasteiger partial charge in [-0.05, 0) is 30.2 Å². The number of H-pyrrole nitrogens is 1. The minimum Gasteiger partial charge on any atom is -0.481 e. The molecule has 0 bridgehead atoms. The molecule has 1 aliphatic heterocycles. The molecule has 24 heavy (non-hydrogen) atoms. The third kappa shape index (κ3) is 2.12. The number of hydrogen-bond acceptors (Lipinski definition) is 3. The predicted octanol–water partition coefficient (Wildman–Crippen LogP) is 3.81. The Morgan fingerprint density at radius 1 is 1.12 bits per heavy atom. The Balaban J connectivity index is 1.96.